The van der Waals surface area contributed by atoms with Crippen LogP contribution in [-0.4, -0.2) is 49.7 Å². The Hall–Kier alpha value is -3.36. The molecule has 3 aromatic rings. The Labute approximate surface area is 211 Å². The van der Waals surface area contributed by atoms with Crippen molar-refractivity contribution in [3.63, 3.8) is 0 Å². The van der Waals surface area contributed by atoms with Crippen LogP contribution in [0.3, 0.4) is 0 Å². The molecule has 1 amide bonds. The van der Waals surface area contributed by atoms with Crippen LogP contribution in [0.15, 0.2) is 24.4 Å². The average Bonchev–Trinajstić information content (AvgIpc) is 3.46. The minimum Gasteiger partial charge on any atom is -0.481 e. The molecule has 1 N–H and O–H groups in total. The molecule has 1 aliphatic heterocycles. The third-order valence-corrected chi connectivity index (χ3v) is 7.94. The van der Waals surface area contributed by atoms with Crippen molar-refractivity contribution in [3.8, 4) is 0 Å². The van der Waals surface area contributed by atoms with Crippen molar-refractivity contribution in [3.05, 3.63) is 41.5 Å². The minimum atomic E-state index is -0.697. The first-order chi connectivity index (χ1) is 17.3. The number of carbonyl (C=O) groups excluding carboxylic acids is 1. The van der Waals surface area contributed by atoms with Gasteiger partial charge in [-0.15, -0.1) is 0 Å². The van der Waals surface area contributed by atoms with Gasteiger partial charge in [-0.1, -0.05) is 6.92 Å². The highest BCUT2D eigenvalue weighted by molar-refractivity contribution is 5.95. The molecule has 0 spiro atoms. The highest BCUT2D eigenvalue weighted by atomic mass is 16.5. The molecule has 1 aromatic carbocycles. The van der Waals surface area contributed by atoms with Crippen LogP contribution in [-0.2, 0) is 22.5 Å². The largest absolute Gasteiger partial charge is 0.481 e. The maximum Gasteiger partial charge on any atom is 0.414 e. The number of rotatable bonds is 5. The average molecular weight is 494 g/mol. The Kier molecular flexibility index (Phi) is 6.49. The molecule has 0 radical (unpaired) electrons. The first-order valence-corrected chi connectivity index (χ1v) is 12.9. The van der Waals surface area contributed by atoms with E-state index in [0.29, 0.717) is 19.4 Å². The number of imidazole rings is 1. The lowest BCUT2D eigenvalue weighted by molar-refractivity contribution is -0.143. The summed E-state index contributed by atoms with van der Waals surface area (Å²) in [6.45, 7) is 6.91. The molecule has 0 saturated heterocycles. The van der Waals surface area contributed by atoms with Gasteiger partial charge in [-0.25, -0.2) is 9.78 Å². The van der Waals surface area contributed by atoms with Crippen molar-refractivity contribution in [2.24, 2.45) is 5.92 Å². The second kappa shape index (κ2) is 9.59. The highest BCUT2D eigenvalue weighted by Gasteiger charge is 2.34. The quantitative estimate of drug-likeness (QED) is 0.532. The number of nitrogens with zero attached hydrogens (tertiary/aromatic N) is 5. The van der Waals surface area contributed by atoms with Crippen LogP contribution < -0.4 is 4.90 Å². The molecule has 1 fully saturated rings. The molecule has 36 heavy (non-hydrogen) atoms. The van der Waals surface area contributed by atoms with Crippen molar-refractivity contribution in [2.75, 3.05) is 12.0 Å². The predicted octanol–water partition coefficient (Wildman–Crippen LogP) is 5.07. The molecule has 192 valence electrons. The maximum absolute atomic E-state index is 12.6. The number of anilines is 1. The molecule has 2 atom stereocenters. The number of carboxylic acids is 1. The number of amides is 1. The van der Waals surface area contributed by atoms with Crippen LogP contribution in [0, 0.1) is 12.8 Å². The van der Waals surface area contributed by atoms with Crippen LogP contribution in [0.2, 0.25) is 0 Å². The molecule has 3 heterocycles. The number of carboxylic acid groups (broad SMARTS) is 1. The summed E-state index contributed by atoms with van der Waals surface area (Å²) >= 11 is 0. The molecule has 2 aliphatic rings. The summed E-state index contributed by atoms with van der Waals surface area (Å²) in [4.78, 5) is 31.2. The summed E-state index contributed by atoms with van der Waals surface area (Å²) in [7, 11) is 1.42. The molecule has 2 aromatic heterocycles. The first-order valence-electron chi connectivity index (χ1n) is 12.9. The zero-order valence-corrected chi connectivity index (χ0v) is 21.5. The van der Waals surface area contributed by atoms with Gasteiger partial charge in [-0.2, -0.15) is 5.10 Å². The Balaban J connectivity index is 1.60. The Morgan fingerprint density at radius 3 is 2.56 bits per heavy atom. The van der Waals surface area contributed by atoms with Crippen LogP contribution in [0.25, 0.3) is 11.0 Å². The topological polar surface area (TPSA) is 102 Å². The number of hydrogen-bond acceptors (Lipinski definition) is 5. The minimum absolute atomic E-state index is 0.0530. The van der Waals surface area contributed by atoms with E-state index >= 15 is 0 Å². The Morgan fingerprint density at radius 2 is 1.92 bits per heavy atom. The van der Waals surface area contributed by atoms with Gasteiger partial charge in [-0.3, -0.25) is 14.4 Å². The lowest BCUT2D eigenvalue weighted by atomic mass is 9.85. The molecule has 9 heteroatoms. The summed E-state index contributed by atoms with van der Waals surface area (Å²) in [5.41, 5.74) is 4.93. The Morgan fingerprint density at radius 1 is 1.17 bits per heavy atom. The standard InChI is InChI=1S/C27H35N5O4/c1-16(15-30-14-13-17(2)29-30)25-28-24-21-10-5-18(3)31(27(35)36-4)22(21)11-12-23(24)32(25)20-8-6-19(7-9-20)26(33)34/h11-14,16,18-20H,5-10,15H2,1-4H3,(H,33,34). The van der Waals surface area contributed by atoms with E-state index in [1.165, 1.54) is 7.11 Å². The van der Waals surface area contributed by atoms with Gasteiger partial charge in [0.1, 0.15) is 5.82 Å². The van der Waals surface area contributed by atoms with Gasteiger partial charge < -0.3 is 14.4 Å². The molecule has 2 unspecified atom stereocenters. The number of methoxy groups -OCH3 is 1. The number of hydrogen-bond donors (Lipinski definition) is 1. The lowest BCUT2D eigenvalue weighted by Crippen LogP contribution is -2.42. The van der Waals surface area contributed by atoms with E-state index in [-0.39, 0.29) is 30.0 Å². The van der Waals surface area contributed by atoms with Crippen molar-refractivity contribution in [2.45, 2.75) is 83.8 Å². The monoisotopic (exact) mass is 493 g/mol. The molecule has 9 nitrogen and oxygen atoms in total. The summed E-state index contributed by atoms with van der Waals surface area (Å²) in [5, 5.41) is 14.1. The normalized spacial score (nSPS) is 22.9. The second-order valence-electron chi connectivity index (χ2n) is 10.4. The molecule has 1 aliphatic carbocycles. The van der Waals surface area contributed by atoms with Gasteiger partial charge in [0.05, 0.1) is 42.0 Å². The Bertz CT molecular complexity index is 1290. The lowest BCUT2D eigenvalue weighted by Gasteiger charge is -2.34. The summed E-state index contributed by atoms with van der Waals surface area (Å²) in [6.07, 6.45) is 6.29. The molecular weight excluding hydrogens is 458 g/mol. The third-order valence-electron chi connectivity index (χ3n) is 7.94. The number of carbonyl (C=O) groups is 2. The number of aryl methyl sites for hydroxylation is 2. The van der Waals surface area contributed by atoms with Crippen LogP contribution in [0.1, 0.15) is 75.0 Å². The van der Waals surface area contributed by atoms with E-state index in [4.69, 9.17) is 9.72 Å². The number of ether oxygens (including phenoxy) is 1. The van der Waals surface area contributed by atoms with Crippen LogP contribution in [0.4, 0.5) is 10.5 Å². The van der Waals surface area contributed by atoms with E-state index in [0.717, 1.165) is 59.5 Å². The second-order valence-corrected chi connectivity index (χ2v) is 10.4. The summed E-state index contributed by atoms with van der Waals surface area (Å²) in [5.74, 6) is 0.127. The van der Waals surface area contributed by atoms with Gasteiger partial charge in [0.15, 0.2) is 0 Å². The van der Waals surface area contributed by atoms with Crippen molar-refractivity contribution in [1.82, 2.24) is 19.3 Å². The van der Waals surface area contributed by atoms with E-state index in [1.54, 1.807) is 4.90 Å². The fourth-order valence-electron chi connectivity index (χ4n) is 6.03. The number of benzene rings is 1. The van der Waals surface area contributed by atoms with Gasteiger partial charge in [-0.05, 0) is 70.6 Å². The molecular formula is C27H35N5O4. The zero-order valence-electron chi connectivity index (χ0n) is 21.5. The van der Waals surface area contributed by atoms with Gasteiger partial charge >= 0.3 is 12.1 Å². The van der Waals surface area contributed by atoms with E-state index in [9.17, 15) is 14.7 Å². The van der Waals surface area contributed by atoms with Gasteiger partial charge in [0.25, 0.3) is 0 Å². The molecule has 1 saturated carbocycles. The van der Waals surface area contributed by atoms with E-state index in [1.807, 2.05) is 36.9 Å². The van der Waals surface area contributed by atoms with Gasteiger partial charge in [0, 0.05) is 29.8 Å². The number of aromatic nitrogens is 4. The van der Waals surface area contributed by atoms with Crippen LogP contribution >= 0.6 is 0 Å². The smallest absolute Gasteiger partial charge is 0.414 e. The van der Waals surface area contributed by atoms with Crippen molar-refractivity contribution in [1.29, 1.82) is 0 Å². The zero-order chi connectivity index (χ0) is 25.6. The molecule has 0 bridgehead atoms. The SMILES string of the molecule is COC(=O)N1c2ccc3c(nc(C(C)Cn4ccc(C)n4)n3C3CCC(C(=O)O)CC3)c2CCC1C. The highest BCUT2D eigenvalue weighted by Crippen LogP contribution is 2.41. The summed E-state index contributed by atoms with van der Waals surface area (Å²) < 4.78 is 9.41. The van der Waals surface area contributed by atoms with E-state index in [2.05, 4.69) is 22.7 Å². The van der Waals surface area contributed by atoms with Crippen molar-refractivity contribution >= 4 is 28.8 Å². The maximum atomic E-state index is 12.6. The number of aliphatic carboxylic acids is 1. The van der Waals surface area contributed by atoms with Gasteiger partial charge in [0.2, 0.25) is 0 Å². The summed E-state index contributed by atoms with van der Waals surface area (Å²) in [6, 6.07) is 6.35. The van der Waals surface area contributed by atoms with Crippen LogP contribution in [0.5, 0.6) is 0 Å². The number of fused-ring (bicyclic) bond motifs is 3. The van der Waals surface area contributed by atoms with E-state index < -0.39 is 5.97 Å². The predicted molar refractivity (Wildman–Crippen MR) is 136 cm³/mol. The fourth-order valence-corrected chi connectivity index (χ4v) is 6.03. The van der Waals surface area contributed by atoms with Crippen molar-refractivity contribution < 1.29 is 19.4 Å². The first kappa shape index (κ1) is 24.3. The fraction of sp³-hybridized carbons (Fsp3) is 0.556. The molecule has 5 rings (SSSR count). The third kappa shape index (κ3) is 4.24.